The number of esters is 1. The summed E-state index contributed by atoms with van der Waals surface area (Å²) >= 11 is 0. The van der Waals surface area contributed by atoms with Gasteiger partial charge in [-0.1, -0.05) is 36.4 Å². The number of hydrogen-bond donors (Lipinski definition) is 0. The number of ether oxygens (including phenoxy) is 1. The molecule has 1 atom stereocenters. The van der Waals surface area contributed by atoms with Gasteiger partial charge in [0.15, 0.2) is 0 Å². The molecule has 1 heterocycles. The van der Waals surface area contributed by atoms with Gasteiger partial charge >= 0.3 is 5.97 Å². The SMILES string of the molecule is Cc1cccc(=O)n1C(C)C(=O)OCc1ccccc1. The molecule has 0 aliphatic heterocycles. The van der Waals surface area contributed by atoms with E-state index in [9.17, 15) is 9.59 Å². The van der Waals surface area contributed by atoms with E-state index in [1.54, 1.807) is 26.0 Å². The summed E-state index contributed by atoms with van der Waals surface area (Å²) in [5.74, 6) is -0.412. The molecular formula is C16H17NO3. The number of hydrogen-bond acceptors (Lipinski definition) is 3. The van der Waals surface area contributed by atoms with Crippen LogP contribution >= 0.6 is 0 Å². The van der Waals surface area contributed by atoms with E-state index in [4.69, 9.17) is 4.74 Å². The Kier molecular flexibility index (Phi) is 4.35. The monoisotopic (exact) mass is 271 g/mol. The van der Waals surface area contributed by atoms with Crippen molar-refractivity contribution in [2.75, 3.05) is 0 Å². The fourth-order valence-electron chi connectivity index (χ4n) is 2.06. The maximum atomic E-state index is 12.0. The average Bonchev–Trinajstić information content (AvgIpc) is 2.45. The minimum atomic E-state index is -0.632. The maximum absolute atomic E-state index is 12.0. The third-order valence-corrected chi connectivity index (χ3v) is 3.15. The van der Waals surface area contributed by atoms with E-state index in [0.717, 1.165) is 11.3 Å². The molecule has 104 valence electrons. The largest absolute Gasteiger partial charge is 0.459 e. The van der Waals surface area contributed by atoms with E-state index in [2.05, 4.69) is 0 Å². The second-order valence-electron chi connectivity index (χ2n) is 4.64. The van der Waals surface area contributed by atoms with E-state index in [1.165, 1.54) is 10.6 Å². The number of carbonyl (C=O) groups is 1. The first kappa shape index (κ1) is 14.1. The molecule has 0 fully saturated rings. The first-order valence-electron chi connectivity index (χ1n) is 6.48. The van der Waals surface area contributed by atoms with Crippen LogP contribution in [0.25, 0.3) is 0 Å². The molecule has 1 unspecified atom stereocenters. The molecule has 0 aliphatic rings. The molecule has 0 saturated carbocycles. The highest BCUT2D eigenvalue weighted by Gasteiger charge is 2.18. The zero-order chi connectivity index (χ0) is 14.5. The van der Waals surface area contributed by atoms with Gasteiger partial charge in [0.2, 0.25) is 0 Å². The molecule has 2 rings (SSSR count). The molecule has 0 spiro atoms. The predicted molar refractivity (Wildman–Crippen MR) is 76.4 cm³/mol. The van der Waals surface area contributed by atoms with Gasteiger partial charge < -0.3 is 4.74 Å². The van der Waals surface area contributed by atoms with Crippen LogP contribution in [0.15, 0.2) is 53.3 Å². The number of carbonyl (C=O) groups excluding carboxylic acids is 1. The average molecular weight is 271 g/mol. The summed E-state index contributed by atoms with van der Waals surface area (Å²) in [6, 6.07) is 13.7. The Hall–Kier alpha value is -2.36. The van der Waals surface area contributed by atoms with E-state index in [0.29, 0.717) is 0 Å². The number of pyridine rings is 1. The van der Waals surface area contributed by atoms with Crippen molar-refractivity contribution in [3.05, 3.63) is 70.1 Å². The summed E-state index contributed by atoms with van der Waals surface area (Å²) in [6.45, 7) is 3.68. The van der Waals surface area contributed by atoms with Crippen molar-refractivity contribution in [1.82, 2.24) is 4.57 Å². The van der Waals surface area contributed by atoms with Crippen molar-refractivity contribution < 1.29 is 9.53 Å². The molecular weight excluding hydrogens is 254 g/mol. The third-order valence-electron chi connectivity index (χ3n) is 3.15. The van der Waals surface area contributed by atoms with Crippen LogP contribution < -0.4 is 5.56 Å². The van der Waals surface area contributed by atoms with Crippen LogP contribution in [0.3, 0.4) is 0 Å². The Balaban J connectivity index is 2.08. The Bertz CT molecular complexity index is 646. The van der Waals surface area contributed by atoms with Crippen molar-refractivity contribution in [1.29, 1.82) is 0 Å². The van der Waals surface area contributed by atoms with Crippen molar-refractivity contribution >= 4 is 5.97 Å². The van der Waals surface area contributed by atoms with Crippen molar-refractivity contribution in [2.45, 2.75) is 26.5 Å². The van der Waals surface area contributed by atoms with Gasteiger partial charge in [-0.3, -0.25) is 9.36 Å². The van der Waals surface area contributed by atoms with Gasteiger partial charge in [0.1, 0.15) is 12.6 Å². The van der Waals surface area contributed by atoms with Crippen molar-refractivity contribution in [3.63, 3.8) is 0 Å². The number of nitrogens with zero attached hydrogens (tertiary/aromatic N) is 1. The number of benzene rings is 1. The summed E-state index contributed by atoms with van der Waals surface area (Å²) in [7, 11) is 0. The molecule has 1 aromatic carbocycles. The second-order valence-corrected chi connectivity index (χ2v) is 4.64. The molecule has 20 heavy (non-hydrogen) atoms. The smallest absolute Gasteiger partial charge is 0.329 e. The van der Waals surface area contributed by atoms with Crippen LogP contribution in [0.2, 0.25) is 0 Å². The fourth-order valence-corrected chi connectivity index (χ4v) is 2.06. The zero-order valence-electron chi connectivity index (χ0n) is 11.6. The molecule has 0 amide bonds. The van der Waals surface area contributed by atoms with E-state index in [1.807, 2.05) is 30.3 Å². The molecule has 1 aromatic heterocycles. The third kappa shape index (κ3) is 3.15. The van der Waals surface area contributed by atoms with Crippen molar-refractivity contribution in [2.24, 2.45) is 0 Å². The Morgan fingerprint density at radius 3 is 2.50 bits per heavy atom. The number of aromatic nitrogens is 1. The Morgan fingerprint density at radius 1 is 1.15 bits per heavy atom. The van der Waals surface area contributed by atoms with E-state index in [-0.39, 0.29) is 12.2 Å². The molecule has 0 aliphatic carbocycles. The van der Waals surface area contributed by atoms with Gasteiger partial charge in [0, 0.05) is 11.8 Å². The molecule has 0 bridgehead atoms. The lowest BCUT2D eigenvalue weighted by Gasteiger charge is -2.16. The van der Waals surface area contributed by atoms with Crippen LogP contribution in [0.1, 0.15) is 24.2 Å². The standard InChI is InChI=1S/C16H17NO3/c1-12-7-6-10-15(18)17(12)13(2)16(19)20-11-14-8-4-3-5-9-14/h3-10,13H,11H2,1-2H3. The molecule has 0 radical (unpaired) electrons. The van der Waals surface area contributed by atoms with Gasteiger partial charge in [-0.25, -0.2) is 4.79 Å². The predicted octanol–water partition coefficient (Wildman–Crippen LogP) is 2.46. The summed E-state index contributed by atoms with van der Waals surface area (Å²) in [6.07, 6.45) is 0. The normalized spacial score (nSPS) is 11.9. The summed E-state index contributed by atoms with van der Waals surface area (Å²) in [5.41, 5.74) is 1.46. The Labute approximate surface area is 117 Å². The number of rotatable bonds is 4. The highest BCUT2D eigenvalue weighted by atomic mass is 16.5. The van der Waals surface area contributed by atoms with Gasteiger partial charge in [-0.2, -0.15) is 0 Å². The molecule has 4 heteroatoms. The lowest BCUT2D eigenvalue weighted by Crippen LogP contribution is -2.30. The molecule has 4 nitrogen and oxygen atoms in total. The minimum Gasteiger partial charge on any atom is -0.459 e. The van der Waals surface area contributed by atoms with E-state index >= 15 is 0 Å². The van der Waals surface area contributed by atoms with E-state index < -0.39 is 12.0 Å². The zero-order valence-corrected chi connectivity index (χ0v) is 11.6. The fraction of sp³-hybridized carbons (Fsp3) is 0.250. The summed E-state index contributed by atoms with van der Waals surface area (Å²) in [4.78, 5) is 23.9. The van der Waals surface area contributed by atoms with Gasteiger partial charge in [0.25, 0.3) is 5.56 Å². The molecule has 0 N–H and O–H groups in total. The van der Waals surface area contributed by atoms with Crippen LogP contribution in [0, 0.1) is 6.92 Å². The van der Waals surface area contributed by atoms with Gasteiger partial charge in [-0.05, 0) is 25.5 Å². The highest BCUT2D eigenvalue weighted by Crippen LogP contribution is 2.10. The van der Waals surface area contributed by atoms with Crippen LogP contribution in [0.5, 0.6) is 0 Å². The topological polar surface area (TPSA) is 48.3 Å². The van der Waals surface area contributed by atoms with Crippen LogP contribution in [0.4, 0.5) is 0 Å². The lowest BCUT2D eigenvalue weighted by atomic mass is 10.2. The summed E-state index contributed by atoms with van der Waals surface area (Å²) in [5, 5.41) is 0. The highest BCUT2D eigenvalue weighted by molar-refractivity contribution is 5.73. The van der Waals surface area contributed by atoms with Crippen molar-refractivity contribution in [3.8, 4) is 0 Å². The quantitative estimate of drug-likeness (QED) is 0.803. The second kappa shape index (κ2) is 6.19. The summed E-state index contributed by atoms with van der Waals surface area (Å²) < 4.78 is 6.69. The first-order valence-corrected chi connectivity index (χ1v) is 6.48. The molecule has 0 saturated heterocycles. The van der Waals surface area contributed by atoms with Crippen LogP contribution in [-0.4, -0.2) is 10.5 Å². The molecule has 2 aromatic rings. The number of aryl methyl sites for hydroxylation is 1. The lowest BCUT2D eigenvalue weighted by molar-refractivity contribution is -0.148. The minimum absolute atomic E-state index is 0.200. The Morgan fingerprint density at radius 2 is 1.85 bits per heavy atom. The van der Waals surface area contributed by atoms with Gasteiger partial charge in [-0.15, -0.1) is 0 Å². The first-order chi connectivity index (χ1) is 9.59. The maximum Gasteiger partial charge on any atom is 0.329 e. The van der Waals surface area contributed by atoms with Crippen LogP contribution in [-0.2, 0) is 16.1 Å². The van der Waals surface area contributed by atoms with Gasteiger partial charge in [0.05, 0.1) is 0 Å².